The van der Waals surface area contributed by atoms with E-state index in [1.54, 1.807) is 0 Å². The van der Waals surface area contributed by atoms with Crippen molar-refractivity contribution in [2.45, 2.75) is 0 Å². The zero-order valence-corrected chi connectivity index (χ0v) is 34.6. The van der Waals surface area contributed by atoms with Crippen molar-refractivity contribution in [1.29, 1.82) is 0 Å². The van der Waals surface area contributed by atoms with E-state index >= 15 is 0 Å². The topological polar surface area (TPSA) is 3.24 Å². The SMILES string of the molecule is c1ccc(-c2cccc3cccc(-c4ccc(N(c5cc(-c6cccc7ccccc67)c6ccccc6c5)c5ccc(-c6cccc7ccccc67)c6ccccc56)cc4)c23)cc1. The lowest BCUT2D eigenvalue weighted by Gasteiger charge is -2.29. The van der Waals surface area contributed by atoms with E-state index in [1.807, 2.05) is 0 Å². The van der Waals surface area contributed by atoms with Gasteiger partial charge in [-0.05, 0) is 123 Å². The van der Waals surface area contributed by atoms with Crippen LogP contribution in [-0.2, 0) is 0 Å². The van der Waals surface area contributed by atoms with Crippen LogP contribution in [0, 0.1) is 0 Å². The van der Waals surface area contributed by atoms with Crippen molar-refractivity contribution >= 4 is 70.9 Å². The first-order chi connectivity index (χ1) is 31.3. The van der Waals surface area contributed by atoms with Gasteiger partial charge in [0.25, 0.3) is 0 Å². The van der Waals surface area contributed by atoms with Crippen LogP contribution in [0.4, 0.5) is 17.1 Å². The molecule has 0 radical (unpaired) electrons. The lowest BCUT2D eigenvalue weighted by Crippen LogP contribution is -2.11. The highest BCUT2D eigenvalue weighted by Crippen LogP contribution is 2.47. The highest BCUT2D eigenvalue weighted by Gasteiger charge is 2.21. The second-order valence-corrected chi connectivity index (χ2v) is 16.4. The maximum atomic E-state index is 2.47. The largest absolute Gasteiger partial charge is 0.310 e. The molecule has 0 bridgehead atoms. The average Bonchev–Trinajstić information content (AvgIpc) is 3.36. The molecule has 0 aliphatic heterocycles. The molecule has 12 rings (SSSR count). The molecule has 294 valence electrons. The van der Waals surface area contributed by atoms with Gasteiger partial charge in [-0.25, -0.2) is 0 Å². The molecule has 0 unspecified atom stereocenters. The van der Waals surface area contributed by atoms with Gasteiger partial charge in [-0.15, -0.1) is 0 Å². The highest BCUT2D eigenvalue weighted by molar-refractivity contribution is 6.13. The molecule has 12 aromatic rings. The van der Waals surface area contributed by atoms with Gasteiger partial charge >= 0.3 is 0 Å². The minimum Gasteiger partial charge on any atom is -0.310 e. The van der Waals surface area contributed by atoms with Crippen LogP contribution < -0.4 is 4.90 Å². The zero-order valence-electron chi connectivity index (χ0n) is 34.6. The molecule has 0 saturated heterocycles. The number of nitrogens with zero attached hydrogens (tertiary/aromatic N) is 1. The Balaban J connectivity index is 1.09. The predicted octanol–water partition coefficient (Wildman–Crippen LogP) is 17.6. The molecule has 0 spiro atoms. The number of hydrogen-bond donors (Lipinski definition) is 0. The van der Waals surface area contributed by atoms with Crippen molar-refractivity contribution in [3.8, 4) is 44.5 Å². The van der Waals surface area contributed by atoms with E-state index in [0.29, 0.717) is 0 Å². The van der Waals surface area contributed by atoms with Crippen LogP contribution in [0.15, 0.2) is 249 Å². The quantitative estimate of drug-likeness (QED) is 0.155. The van der Waals surface area contributed by atoms with Crippen molar-refractivity contribution in [3.63, 3.8) is 0 Å². The molecule has 1 nitrogen and oxygen atoms in total. The van der Waals surface area contributed by atoms with Gasteiger partial charge in [0, 0.05) is 16.8 Å². The molecule has 0 atom stereocenters. The first-order valence-corrected chi connectivity index (χ1v) is 21.8. The Hall–Kier alpha value is -8.26. The van der Waals surface area contributed by atoms with Gasteiger partial charge in [-0.2, -0.15) is 0 Å². The van der Waals surface area contributed by atoms with Gasteiger partial charge in [0.15, 0.2) is 0 Å². The van der Waals surface area contributed by atoms with Gasteiger partial charge in [-0.1, -0.05) is 218 Å². The average molecular weight is 800 g/mol. The van der Waals surface area contributed by atoms with E-state index in [0.717, 1.165) is 17.1 Å². The zero-order chi connectivity index (χ0) is 41.7. The summed E-state index contributed by atoms with van der Waals surface area (Å²) < 4.78 is 0. The Morgan fingerprint density at radius 2 is 0.667 bits per heavy atom. The summed E-state index contributed by atoms with van der Waals surface area (Å²) in [6.07, 6.45) is 0. The Morgan fingerprint density at radius 1 is 0.222 bits per heavy atom. The van der Waals surface area contributed by atoms with Crippen LogP contribution in [0.2, 0.25) is 0 Å². The van der Waals surface area contributed by atoms with Gasteiger partial charge in [0.1, 0.15) is 0 Å². The fraction of sp³-hybridized carbons (Fsp3) is 0. The molecule has 0 saturated carbocycles. The second-order valence-electron chi connectivity index (χ2n) is 16.4. The fourth-order valence-corrected chi connectivity index (χ4v) is 9.94. The first-order valence-electron chi connectivity index (χ1n) is 21.8. The summed E-state index contributed by atoms with van der Waals surface area (Å²) in [4.78, 5) is 2.47. The summed E-state index contributed by atoms with van der Waals surface area (Å²) in [6.45, 7) is 0. The Bertz CT molecular complexity index is 3660. The van der Waals surface area contributed by atoms with Crippen LogP contribution in [0.25, 0.3) is 98.4 Å². The van der Waals surface area contributed by atoms with Crippen molar-refractivity contribution in [3.05, 3.63) is 249 Å². The molecule has 0 aliphatic carbocycles. The van der Waals surface area contributed by atoms with E-state index < -0.39 is 0 Å². The summed E-state index contributed by atoms with van der Waals surface area (Å²) in [5.41, 5.74) is 13.1. The van der Waals surface area contributed by atoms with Gasteiger partial charge in [0.05, 0.1) is 5.69 Å². The number of benzene rings is 12. The third kappa shape index (κ3) is 6.33. The Kier molecular flexibility index (Phi) is 8.90. The van der Waals surface area contributed by atoms with Gasteiger partial charge in [0.2, 0.25) is 0 Å². The summed E-state index contributed by atoms with van der Waals surface area (Å²) in [7, 11) is 0. The molecule has 0 N–H and O–H groups in total. The lowest BCUT2D eigenvalue weighted by atomic mass is 9.91. The van der Waals surface area contributed by atoms with Crippen molar-refractivity contribution in [2.24, 2.45) is 0 Å². The standard InChI is InChI=1S/C62H41N/c1-2-16-44(17-3-1)53-30-14-23-46-24-15-31-54(62(46)53)45-34-36-48(37-35-45)63(49-40-47-20-6-9-27-52(47)60(41-49)56-33-13-22-43-19-5-8-26-51(43)56)61-39-38-58(57-28-10-11-29-59(57)61)55-32-12-21-42-18-4-7-25-50(42)55/h1-41H. The van der Waals surface area contributed by atoms with Crippen LogP contribution in [0.1, 0.15) is 0 Å². The molecule has 0 heterocycles. The highest BCUT2D eigenvalue weighted by atomic mass is 15.1. The van der Waals surface area contributed by atoms with Crippen LogP contribution in [0.3, 0.4) is 0 Å². The molecule has 0 aromatic heterocycles. The van der Waals surface area contributed by atoms with E-state index in [4.69, 9.17) is 0 Å². The Morgan fingerprint density at radius 3 is 1.30 bits per heavy atom. The second kappa shape index (κ2) is 15.3. The maximum Gasteiger partial charge on any atom is 0.0540 e. The fourth-order valence-electron chi connectivity index (χ4n) is 9.94. The van der Waals surface area contributed by atoms with Gasteiger partial charge in [-0.3, -0.25) is 0 Å². The number of rotatable bonds is 7. The molecule has 0 amide bonds. The lowest BCUT2D eigenvalue weighted by molar-refractivity contribution is 1.30. The first kappa shape index (κ1) is 36.6. The third-order valence-corrected chi connectivity index (χ3v) is 12.8. The van der Waals surface area contributed by atoms with Gasteiger partial charge < -0.3 is 4.90 Å². The molecule has 1 heteroatoms. The summed E-state index contributed by atoms with van der Waals surface area (Å²) in [5, 5.41) is 12.3. The van der Waals surface area contributed by atoms with E-state index in [2.05, 4.69) is 254 Å². The summed E-state index contributed by atoms with van der Waals surface area (Å²) in [5.74, 6) is 0. The third-order valence-electron chi connectivity index (χ3n) is 12.8. The molecular weight excluding hydrogens is 759 g/mol. The van der Waals surface area contributed by atoms with Crippen LogP contribution >= 0.6 is 0 Å². The minimum atomic E-state index is 1.09. The predicted molar refractivity (Wildman–Crippen MR) is 270 cm³/mol. The molecule has 0 fully saturated rings. The smallest absolute Gasteiger partial charge is 0.0540 e. The molecule has 0 aliphatic rings. The van der Waals surface area contributed by atoms with Crippen LogP contribution in [-0.4, -0.2) is 0 Å². The molecular formula is C62H41N. The summed E-state index contributed by atoms with van der Waals surface area (Å²) >= 11 is 0. The monoisotopic (exact) mass is 799 g/mol. The maximum absolute atomic E-state index is 2.47. The molecule has 12 aromatic carbocycles. The normalized spacial score (nSPS) is 11.5. The summed E-state index contributed by atoms with van der Waals surface area (Å²) in [6, 6.07) is 91.2. The number of fused-ring (bicyclic) bond motifs is 5. The minimum absolute atomic E-state index is 1.09. The van der Waals surface area contributed by atoms with E-state index in [-0.39, 0.29) is 0 Å². The van der Waals surface area contributed by atoms with Crippen LogP contribution in [0.5, 0.6) is 0 Å². The van der Waals surface area contributed by atoms with Crippen molar-refractivity contribution in [1.82, 2.24) is 0 Å². The van der Waals surface area contributed by atoms with E-state index in [9.17, 15) is 0 Å². The Labute approximate surface area is 367 Å². The number of anilines is 3. The van der Waals surface area contributed by atoms with Crippen molar-refractivity contribution in [2.75, 3.05) is 4.90 Å². The molecule has 63 heavy (non-hydrogen) atoms. The van der Waals surface area contributed by atoms with E-state index in [1.165, 1.54) is 98.4 Å². The number of hydrogen-bond acceptors (Lipinski definition) is 1. The van der Waals surface area contributed by atoms with Crippen molar-refractivity contribution < 1.29 is 0 Å².